The van der Waals surface area contributed by atoms with Crippen molar-refractivity contribution in [3.63, 3.8) is 0 Å². The Morgan fingerprint density at radius 2 is 1.81 bits per heavy atom. The molecule has 0 aromatic heterocycles. The lowest BCUT2D eigenvalue weighted by Crippen LogP contribution is -2.23. The highest BCUT2D eigenvalue weighted by Crippen LogP contribution is 2.18. The Bertz CT molecular complexity index is 320. The van der Waals surface area contributed by atoms with Crippen molar-refractivity contribution < 1.29 is 4.74 Å². The predicted molar refractivity (Wildman–Crippen MR) is 68.4 cm³/mol. The minimum Gasteiger partial charge on any atom is -0.371 e. The van der Waals surface area contributed by atoms with Crippen LogP contribution in [0.15, 0.2) is 24.3 Å². The van der Waals surface area contributed by atoms with Crippen LogP contribution >= 0.6 is 0 Å². The van der Waals surface area contributed by atoms with Crippen LogP contribution in [0.25, 0.3) is 0 Å². The molecule has 16 heavy (non-hydrogen) atoms. The van der Waals surface area contributed by atoms with Crippen molar-refractivity contribution in [3.8, 4) is 0 Å². The highest BCUT2D eigenvalue weighted by Gasteiger charge is 2.15. The van der Waals surface area contributed by atoms with E-state index >= 15 is 0 Å². The Balaban J connectivity index is 2.66. The second kappa shape index (κ2) is 6.02. The molecule has 0 aliphatic carbocycles. The Morgan fingerprint density at radius 1 is 1.19 bits per heavy atom. The van der Waals surface area contributed by atoms with Crippen LogP contribution in [0.3, 0.4) is 0 Å². The quantitative estimate of drug-likeness (QED) is 0.801. The van der Waals surface area contributed by atoms with Crippen LogP contribution in [0.1, 0.15) is 38.3 Å². The summed E-state index contributed by atoms with van der Waals surface area (Å²) in [5.74, 6) is 0. The first-order valence-electron chi connectivity index (χ1n) is 6.00. The lowest BCUT2D eigenvalue weighted by molar-refractivity contribution is -0.0318. The van der Waals surface area contributed by atoms with Crippen molar-refractivity contribution in [3.05, 3.63) is 35.4 Å². The molecule has 0 saturated heterocycles. The summed E-state index contributed by atoms with van der Waals surface area (Å²) in [5, 5.41) is 0. The first kappa shape index (κ1) is 13.2. The molecular weight excluding hydrogens is 198 g/mol. The summed E-state index contributed by atoms with van der Waals surface area (Å²) >= 11 is 0. The van der Waals surface area contributed by atoms with Crippen LogP contribution in [0.2, 0.25) is 0 Å². The molecule has 0 aliphatic heterocycles. The van der Waals surface area contributed by atoms with Gasteiger partial charge in [0.2, 0.25) is 0 Å². The molecule has 0 saturated carbocycles. The van der Waals surface area contributed by atoms with E-state index in [0.717, 1.165) is 12.8 Å². The first-order valence-corrected chi connectivity index (χ1v) is 6.00. The lowest BCUT2D eigenvalue weighted by atomic mass is 10.0. The molecule has 0 bridgehead atoms. The normalized spacial score (nSPS) is 11.8. The molecule has 0 radical (unpaired) electrons. The van der Waals surface area contributed by atoms with Gasteiger partial charge in [-0.15, -0.1) is 0 Å². The fourth-order valence-electron chi connectivity index (χ4n) is 1.47. The number of rotatable bonds is 6. The summed E-state index contributed by atoms with van der Waals surface area (Å²) < 4.78 is 5.91. The molecule has 1 rings (SSSR count). The summed E-state index contributed by atoms with van der Waals surface area (Å²) in [6.45, 7) is 7.76. The number of ether oxygens (including phenoxy) is 1. The summed E-state index contributed by atoms with van der Waals surface area (Å²) in [7, 11) is 0. The first-order chi connectivity index (χ1) is 7.59. The van der Waals surface area contributed by atoms with E-state index in [0.29, 0.717) is 13.2 Å². The maximum atomic E-state index is 5.91. The van der Waals surface area contributed by atoms with E-state index < -0.39 is 0 Å². The van der Waals surface area contributed by atoms with Gasteiger partial charge in [0, 0.05) is 0 Å². The average Bonchev–Trinajstić information content (AvgIpc) is 2.28. The fourth-order valence-corrected chi connectivity index (χ4v) is 1.47. The zero-order valence-electron chi connectivity index (χ0n) is 10.6. The smallest absolute Gasteiger partial charge is 0.0726 e. The van der Waals surface area contributed by atoms with Crippen LogP contribution in [0.5, 0.6) is 0 Å². The van der Waals surface area contributed by atoms with Crippen molar-refractivity contribution in [2.45, 2.75) is 45.8 Å². The number of hydrogen-bond acceptors (Lipinski definition) is 2. The molecule has 2 heteroatoms. The van der Waals surface area contributed by atoms with Crippen molar-refractivity contribution in [1.82, 2.24) is 0 Å². The zero-order valence-corrected chi connectivity index (χ0v) is 10.6. The van der Waals surface area contributed by atoms with Gasteiger partial charge in [0.25, 0.3) is 0 Å². The zero-order chi connectivity index (χ0) is 12.0. The minimum atomic E-state index is -0.0458. The monoisotopic (exact) mass is 221 g/mol. The third-order valence-electron chi connectivity index (χ3n) is 3.00. The van der Waals surface area contributed by atoms with Gasteiger partial charge in [0.15, 0.2) is 0 Å². The summed E-state index contributed by atoms with van der Waals surface area (Å²) in [4.78, 5) is 0. The van der Waals surface area contributed by atoms with Crippen LogP contribution in [0.4, 0.5) is 0 Å². The van der Waals surface area contributed by atoms with Gasteiger partial charge in [-0.2, -0.15) is 0 Å². The fraction of sp³-hybridized carbons (Fsp3) is 0.571. The summed E-state index contributed by atoms with van der Waals surface area (Å²) in [6.07, 6.45) is 1.94. The molecule has 0 aliphatic rings. The lowest BCUT2D eigenvalue weighted by Gasteiger charge is -2.24. The molecule has 2 N–H and O–H groups in total. The molecule has 0 unspecified atom stereocenters. The molecule has 0 amide bonds. The van der Waals surface area contributed by atoms with Gasteiger partial charge in [-0.3, -0.25) is 0 Å². The third-order valence-corrected chi connectivity index (χ3v) is 3.00. The van der Waals surface area contributed by atoms with Crippen LogP contribution in [0, 0.1) is 0 Å². The standard InChI is InChI=1S/C14H23NO/c1-4-14(2,3)16-11-13-8-6-5-7-12(13)9-10-15/h5-8H,4,9-11,15H2,1-3H3. The van der Waals surface area contributed by atoms with E-state index in [1.165, 1.54) is 11.1 Å². The van der Waals surface area contributed by atoms with Crippen molar-refractivity contribution in [2.24, 2.45) is 5.73 Å². The highest BCUT2D eigenvalue weighted by atomic mass is 16.5. The summed E-state index contributed by atoms with van der Waals surface area (Å²) in [5.41, 5.74) is 8.11. The van der Waals surface area contributed by atoms with E-state index in [-0.39, 0.29) is 5.60 Å². The van der Waals surface area contributed by atoms with Crippen LogP contribution < -0.4 is 5.73 Å². The minimum absolute atomic E-state index is 0.0458. The Hall–Kier alpha value is -0.860. The topological polar surface area (TPSA) is 35.2 Å². The van der Waals surface area contributed by atoms with Gasteiger partial charge in [-0.25, -0.2) is 0 Å². The molecule has 0 fully saturated rings. The second-order valence-electron chi connectivity index (χ2n) is 4.71. The molecule has 90 valence electrons. The molecule has 2 nitrogen and oxygen atoms in total. The van der Waals surface area contributed by atoms with E-state index in [1.807, 2.05) is 0 Å². The predicted octanol–water partition coefficient (Wildman–Crippen LogP) is 2.89. The maximum absolute atomic E-state index is 5.91. The summed E-state index contributed by atoms with van der Waals surface area (Å²) in [6, 6.07) is 8.36. The number of benzene rings is 1. The van der Waals surface area contributed by atoms with E-state index in [4.69, 9.17) is 10.5 Å². The van der Waals surface area contributed by atoms with Gasteiger partial charge in [-0.05, 0) is 44.4 Å². The Kier molecular flexibility index (Phi) is 4.97. The highest BCUT2D eigenvalue weighted by molar-refractivity contribution is 5.26. The maximum Gasteiger partial charge on any atom is 0.0726 e. The van der Waals surface area contributed by atoms with Crippen LogP contribution in [-0.2, 0) is 17.8 Å². The number of nitrogens with two attached hydrogens (primary N) is 1. The van der Waals surface area contributed by atoms with Gasteiger partial charge in [0.1, 0.15) is 0 Å². The molecule has 0 spiro atoms. The molecule has 0 heterocycles. The third kappa shape index (κ3) is 3.95. The number of hydrogen-bond donors (Lipinski definition) is 1. The Labute approximate surface area is 98.8 Å². The van der Waals surface area contributed by atoms with Crippen LogP contribution in [-0.4, -0.2) is 12.1 Å². The van der Waals surface area contributed by atoms with Gasteiger partial charge in [-0.1, -0.05) is 31.2 Å². The molecule has 0 atom stereocenters. The van der Waals surface area contributed by atoms with Crippen molar-refractivity contribution in [1.29, 1.82) is 0 Å². The van der Waals surface area contributed by atoms with Crippen molar-refractivity contribution >= 4 is 0 Å². The van der Waals surface area contributed by atoms with E-state index in [1.54, 1.807) is 0 Å². The van der Waals surface area contributed by atoms with E-state index in [2.05, 4.69) is 45.0 Å². The second-order valence-corrected chi connectivity index (χ2v) is 4.71. The largest absolute Gasteiger partial charge is 0.371 e. The SMILES string of the molecule is CCC(C)(C)OCc1ccccc1CCN. The van der Waals surface area contributed by atoms with Crippen molar-refractivity contribution in [2.75, 3.05) is 6.54 Å². The molecule has 1 aromatic rings. The molecule has 1 aromatic carbocycles. The van der Waals surface area contributed by atoms with Gasteiger partial charge < -0.3 is 10.5 Å². The molecular formula is C14H23NO. The van der Waals surface area contributed by atoms with E-state index in [9.17, 15) is 0 Å². The Morgan fingerprint density at radius 3 is 2.38 bits per heavy atom. The average molecular weight is 221 g/mol. The van der Waals surface area contributed by atoms with Gasteiger partial charge >= 0.3 is 0 Å². The van der Waals surface area contributed by atoms with Gasteiger partial charge in [0.05, 0.1) is 12.2 Å².